The molecule has 7 heteroatoms. The first-order valence-electron chi connectivity index (χ1n) is 6.73. The fourth-order valence-corrected chi connectivity index (χ4v) is 3.01. The van der Waals surface area contributed by atoms with E-state index in [0.29, 0.717) is 11.3 Å². The zero-order valence-corrected chi connectivity index (χ0v) is 13.9. The summed E-state index contributed by atoms with van der Waals surface area (Å²) in [5.41, 5.74) is 0.992. The van der Waals surface area contributed by atoms with Crippen molar-refractivity contribution in [1.29, 1.82) is 0 Å². The van der Waals surface area contributed by atoms with Gasteiger partial charge in [0.25, 0.3) is 5.69 Å². The lowest BCUT2D eigenvalue weighted by Gasteiger charge is -2.09. The summed E-state index contributed by atoms with van der Waals surface area (Å²) in [6, 6.07) is 4.34. The van der Waals surface area contributed by atoms with E-state index in [-0.39, 0.29) is 33.3 Å². The van der Waals surface area contributed by atoms with Crippen molar-refractivity contribution < 1.29 is 9.72 Å². The molecule has 0 bridgehead atoms. The molecule has 1 aliphatic rings. The molecule has 118 valence electrons. The number of hydrogen-bond donors (Lipinski definition) is 1. The summed E-state index contributed by atoms with van der Waals surface area (Å²) in [4.78, 5) is 22.6. The van der Waals surface area contributed by atoms with E-state index >= 15 is 0 Å². The van der Waals surface area contributed by atoms with Gasteiger partial charge in [0.2, 0.25) is 5.91 Å². The van der Waals surface area contributed by atoms with E-state index in [9.17, 15) is 14.9 Å². The second-order valence-electron chi connectivity index (χ2n) is 6.03. The van der Waals surface area contributed by atoms with Crippen LogP contribution in [0.1, 0.15) is 19.4 Å². The number of aryl methyl sites for hydroxylation is 1. The number of amides is 1. The summed E-state index contributed by atoms with van der Waals surface area (Å²) >= 11 is 11.3. The molecule has 0 radical (unpaired) electrons. The summed E-state index contributed by atoms with van der Waals surface area (Å²) in [6.45, 7) is 5.66. The van der Waals surface area contributed by atoms with Crippen molar-refractivity contribution in [3.63, 3.8) is 0 Å². The van der Waals surface area contributed by atoms with Crippen molar-refractivity contribution in [3.8, 4) is 0 Å². The van der Waals surface area contributed by atoms with Crippen molar-refractivity contribution in [1.82, 2.24) is 0 Å². The van der Waals surface area contributed by atoms with Crippen molar-refractivity contribution in [2.45, 2.75) is 20.8 Å². The Bertz CT molecular complexity index is 667. The molecule has 1 fully saturated rings. The van der Waals surface area contributed by atoms with Gasteiger partial charge in [0.15, 0.2) is 0 Å². The second kappa shape index (κ2) is 5.89. The molecule has 0 heterocycles. The average Bonchev–Trinajstić information content (AvgIpc) is 2.92. The minimum Gasteiger partial charge on any atom is -0.326 e. The van der Waals surface area contributed by atoms with Crippen LogP contribution in [-0.4, -0.2) is 10.8 Å². The lowest BCUT2D eigenvalue weighted by molar-refractivity contribution is -0.384. The number of halogens is 2. The molecule has 2 atom stereocenters. The van der Waals surface area contributed by atoms with Crippen LogP contribution in [0.2, 0.25) is 0 Å². The molecule has 0 saturated heterocycles. The quantitative estimate of drug-likeness (QED) is 0.649. The standard InChI is InChI=1S/C15H16Cl2N2O3/c1-8-6-9(19(21)22)4-5-11(8)18-14(20)13-10(7-12(16)17)15(13,2)3/h4-7,10,13H,1-3H3,(H,18,20)/t10-,13+/m1/s1. The number of benzene rings is 1. The van der Waals surface area contributed by atoms with Gasteiger partial charge in [0.1, 0.15) is 4.49 Å². The first-order valence-corrected chi connectivity index (χ1v) is 7.49. The molecule has 0 spiro atoms. The van der Waals surface area contributed by atoms with Gasteiger partial charge in [-0.1, -0.05) is 37.0 Å². The van der Waals surface area contributed by atoms with Crippen LogP contribution >= 0.6 is 23.2 Å². The number of non-ortho nitro benzene ring substituents is 1. The largest absolute Gasteiger partial charge is 0.326 e. The topological polar surface area (TPSA) is 72.2 Å². The number of rotatable bonds is 4. The lowest BCUT2D eigenvalue weighted by Crippen LogP contribution is -2.17. The van der Waals surface area contributed by atoms with E-state index in [0.717, 1.165) is 0 Å². The maximum Gasteiger partial charge on any atom is 0.269 e. The second-order valence-corrected chi connectivity index (χ2v) is 7.03. The molecule has 1 saturated carbocycles. The molecule has 0 unspecified atom stereocenters. The van der Waals surface area contributed by atoms with Gasteiger partial charge < -0.3 is 5.32 Å². The summed E-state index contributed by atoms with van der Waals surface area (Å²) in [6.07, 6.45) is 1.68. The number of hydrogen-bond acceptors (Lipinski definition) is 3. The molecule has 0 aliphatic heterocycles. The number of nitrogens with one attached hydrogen (secondary N) is 1. The molecular formula is C15H16Cl2N2O3. The van der Waals surface area contributed by atoms with E-state index in [4.69, 9.17) is 23.2 Å². The van der Waals surface area contributed by atoms with E-state index in [1.807, 2.05) is 13.8 Å². The maximum absolute atomic E-state index is 12.4. The number of nitro benzene ring substituents is 1. The first kappa shape index (κ1) is 16.8. The van der Waals surface area contributed by atoms with Gasteiger partial charge in [0, 0.05) is 17.8 Å². The van der Waals surface area contributed by atoms with Crippen molar-refractivity contribution in [3.05, 3.63) is 44.4 Å². The van der Waals surface area contributed by atoms with Crippen LogP contribution < -0.4 is 5.32 Å². The first-order chi connectivity index (χ1) is 10.1. The van der Waals surface area contributed by atoms with E-state index in [1.54, 1.807) is 19.1 Å². The molecule has 1 amide bonds. The van der Waals surface area contributed by atoms with E-state index < -0.39 is 4.92 Å². The number of anilines is 1. The Hall–Kier alpha value is -1.59. The third-order valence-corrected chi connectivity index (χ3v) is 4.43. The van der Waals surface area contributed by atoms with E-state index in [1.165, 1.54) is 12.1 Å². The highest BCUT2D eigenvalue weighted by Gasteiger charge is 2.60. The van der Waals surface area contributed by atoms with Crippen LogP contribution in [0.5, 0.6) is 0 Å². The Morgan fingerprint density at radius 3 is 2.55 bits per heavy atom. The Morgan fingerprint density at radius 2 is 2.05 bits per heavy atom. The summed E-state index contributed by atoms with van der Waals surface area (Å²) in [5.74, 6) is -0.386. The fourth-order valence-electron chi connectivity index (χ4n) is 2.74. The van der Waals surface area contributed by atoms with Crippen LogP contribution in [0.15, 0.2) is 28.8 Å². The Labute approximate surface area is 138 Å². The summed E-state index contributed by atoms with van der Waals surface area (Å²) in [5, 5.41) is 13.5. The van der Waals surface area contributed by atoms with Gasteiger partial charge in [-0.15, -0.1) is 0 Å². The molecule has 22 heavy (non-hydrogen) atoms. The molecule has 1 N–H and O–H groups in total. The minimum absolute atomic E-state index is 0.00279. The highest BCUT2D eigenvalue weighted by molar-refractivity contribution is 6.55. The Morgan fingerprint density at radius 1 is 1.41 bits per heavy atom. The minimum atomic E-state index is -0.466. The van der Waals surface area contributed by atoms with Gasteiger partial charge in [-0.05, 0) is 36.0 Å². The normalized spacial score (nSPS) is 21.9. The SMILES string of the molecule is Cc1cc([N+](=O)[O-])ccc1NC(=O)[C@@H]1[C@@H](C=C(Cl)Cl)C1(C)C. The van der Waals surface area contributed by atoms with Crippen LogP contribution in [0, 0.1) is 34.3 Å². The highest BCUT2D eigenvalue weighted by Crippen LogP contribution is 2.60. The number of carbonyl (C=O) groups is 1. The summed E-state index contributed by atoms with van der Waals surface area (Å²) in [7, 11) is 0. The highest BCUT2D eigenvalue weighted by atomic mass is 35.5. The third kappa shape index (κ3) is 3.25. The molecule has 1 aromatic carbocycles. The third-order valence-electron chi connectivity index (χ3n) is 4.18. The predicted molar refractivity (Wildman–Crippen MR) is 87.0 cm³/mol. The van der Waals surface area contributed by atoms with Crippen LogP contribution in [-0.2, 0) is 4.79 Å². The van der Waals surface area contributed by atoms with Gasteiger partial charge >= 0.3 is 0 Å². The van der Waals surface area contributed by atoms with Crippen molar-refractivity contribution >= 4 is 40.5 Å². The van der Waals surface area contributed by atoms with Gasteiger partial charge in [0.05, 0.1) is 10.8 Å². The van der Waals surface area contributed by atoms with Crippen molar-refractivity contribution in [2.75, 3.05) is 5.32 Å². The van der Waals surface area contributed by atoms with Crippen molar-refractivity contribution in [2.24, 2.45) is 17.3 Å². The number of allylic oxidation sites excluding steroid dienone is 1. The molecular weight excluding hydrogens is 327 g/mol. The molecule has 5 nitrogen and oxygen atoms in total. The number of carbonyl (C=O) groups excluding carboxylic acids is 1. The Kier molecular flexibility index (Phi) is 4.49. The maximum atomic E-state index is 12.4. The smallest absolute Gasteiger partial charge is 0.269 e. The zero-order valence-electron chi connectivity index (χ0n) is 12.4. The van der Waals surface area contributed by atoms with Gasteiger partial charge in [-0.2, -0.15) is 0 Å². The van der Waals surface area contributed by atoms with Crippen LogP contribution in [0.4, 0.5) is 11.4 Å². The fraction of sp³-hybridized carbons (Fsp3) is 0.400. The zero-order chi connectivity index (χ0) is 16.7. The molecule has 1 aromatic rings. The molecule has 2 rings (SSSR count). The predicted octanol–water partition coefficient (Wildman–Crippen LogP) is 4.43. The van der Waals surface area contributed by atoms with Gasteiger partial charge in [-0.25, -0.2) is 0 Å². The van der Waals surface area contributed by atoms with E-state index in [2.05, 4.69) is 5.32 Å². The van der Waals surface area contributed by atoms with Gasteiger partial charge in [-0.3, -0.25) is 14.9 Å². The lowest BCUT2D eigenvalue weighted by atomic mass is 10.1. The van der Waals surface area contributed by atoms with Crippen LogP contribution in [0.25, 0.3) is 0 Å². The number of nitrogens with zero attached hydrogens (tertiary/aromatic N) is 1. The summed E-state index contributed by atoms with van der Waals surface area (Å²) < 4.78 is 0.153. The number of nitro groups is 1. The molecule has 1 aliphatic carbocycles. The van der Waals surface area contributed by atoms with Crippen LogP contribution in [0.3, 0.4) is 0 Å². The average molecular weight is 343 g/mol. The monoisotopic (exact) mass is 342 g/mol. The Balaban J connectivity index is 2.14. The molecule has 0 aromatic heterocycles.